The van der Waals surface area contributed by atoms with Gasteiger partial charge >= 0.3 is 0 Å². The molecule has 1 aliphatic carbocycles. The fraction of sp³-hybridized carbons (Fsp3) is 0.444. The summed E-state index contributed by atoms with van der Waals surface area (Å²) < 4.78 is 5.70. The second kappa shape index (κ2) is 9.13. The van der Waals surface area contributed by atoms with E-state index in [-0.39, 0.29) is 36.2 Å². The number of hydrogen-bond donors (Lipinski definition) is 3. The number of benzene rings is 1. The third-order valence-corrected chi connectivity index (χ3v) is 7.11. The average Bonchev–Trinajstić information content (AvgIpc) is 3.16. The zero-order valence-electron chi connectivity index (χ0n) is 20.8. The summed E-state index contributed by atoms with van der Waals surface area (Å²) in [6.45, 7) is 5.77. The van der Waals surface area contributed by atoms with Gasteiger partial charge in [0.05, 0.1) is 17.6 Å². The van der Waals surface area contributed by atoms with Crippen LogP contribution >= 0.6 is 0 Å². The molecule has 1 fully saturated rings. The summed E-state index contributed by atoms with van der Waals surface area (Å²) in [5, 5.41) is 27.5. The fourth-order valence-electron chi connectivity index (χ4n) is 5.33. The van der Waals surface area contributed by atoms with Crippen LogP contribution < -0.4 is 10.5 Å². The molecule has 4 rings (SSSR count). The van der Waals surface area contributed by atoms with E-state index in [2.05, 4.69) is 28.1 Å². The number of aromatic amines is 1. The summed E-state index contributed by atoms with van der Waals surface area (Å²) in [6, 6.07) is 7.99. The molecular formula is C27H31N5O3. The van der Waals surface area contributed by atoms with Gasteiger partial charge < -0.3 is 20.5 Å². The predicted octanol–water partition coefficient (Wildman–Crippen LogP) is 2.70. The van der Waals surface area contributed by atoms with Gasteiger partial charge in [0.1, 0.15) is 11.6 Å². The zero-order valence-corrected chi connectivity index (χ0v) is 20.8. The number of rotatable bonds is 4. The molecule has 1 saturated carbocycles. The van der Waals surface area contributed by atoms with Gasteiger partial charge in [-0.3, -0.25) is 9.89 Å². The molecule has 0 radical (unpaired) electrons. The van der Waals surface area contributed by atoms with Crippen LogP contribution in [0, 0.1) is 47.8 Å². The molecule has 2 aromatic rings. The van der Waals surface area contributed by atoms with Crippen molar-refractivity contribution >= 4 is 5.91 Å². The van der Waals surface area contributed by atoms with Crippen molar-refractivity contribution in [2.24, 2.45) is 23.5 Å². The minimum Gasteiger partial charge on any atom is -0.420 e. The summed E-state index contributed by atoms with van der Waals surface area (Å²) in [5.41, 5.74) is 9.37. The lowest BCUT2D eigenvalue weighted by Crippen LogP contribution is -2.41. The monoisotopic (exact) mass is 473 g/mol. The maximum Gasteiger partial charge on any atom is 0.244 e. The number of nitriles is 1. The second-order valence-corrected chi connectivity index (χ2v) is 9.89. The van der Waals surface area contributed by atoms with E-state index in [1.165, 1.54) is 0 Å². The Morgan fingerprint density at radius 3 is 2.69 bits per heavy atom. The number of hydrogen-bond acceptors (Lipinski definition) is 6. The summed E-state index contributed by atoms with van der Waals surface area (Å²) >= 11 is 0. The number of aromatic nitrogens is 2. The number of ether oxygens (including phenoxy) is 1. The Balaban J connectivity index is 1.80. The highest BCUT2D eigenvalue weighted by Crippen LogP contribution is 2.52. The SMILES string of the molecule is Cc1[nH]nc2c1C(c1cc(C#CC3CC(C(=O)N(C)C)C3)cc(CO)c1)(C(C)C)C(C#N)=C(N)O2. The number of carbonyl (C=O) groups is 1. The third kappa shape index (κ3) is 3.94. The van der Waals surface area contributed by atoms with Gasteiger partial charge in [-0.25, -0.2) is 0 Å². The predicted molar refractivity (Wildman–Crippen MR) is 131 cm³/mol. The maximum absolute atomic E-state index is 12.1. The lowest BCUT2D eigenvalue weighted by Gasteiger charge is -2.41. The summed E-state index contributed by atoms with van der Waals surface area (Å²) in [4.78, 5) is 13.8. The van der Waals surface area contributed by atoms with Crippen LogP contribution in [0.25, 0.3) is 0 Å². The highest BCUT2D eigenvalue weighted by molar-refractivity contribution is 5.79. The Hall–Kier alpha value is -3.75. The minimum absolute atomic E-state index is 0.0216. The van der Waals surface area contributed by atoms with Crippen molar-refractivity contribution in [3.63, 3.8) is 0 Å². The smallest absolute Gasteiger partial charge is 0.244 e. The van der Waals surface area contributed by atoms with Gasteiger partial charge in [0.15, 0.2) is 0 Å². The van der Waals surface area contributed by atoms with Crippen LogP contribution in [0.4, 0.5) is 0 Å². The number of nitrogens with zero attached hydrogens (tertiary/aromatic N) is 3. The van der Waals surface area contributed by atoms with Crippen LogP contribution in [0.3, 0.4) is 0 Å². The van der Waals surface area contributed by atoms with Crippen LogP contribution in [0.15, 0.2) is 29.7 Å². The largest absolute Gasteiger partial charge is 0.420 e. The van der Waals surface area contributed by atoms with Gasteiger partial charge in [0.25, 0.3) is 0 Å². The first-order valence-corrected chi connectivity index (χ1v) is 11.7. The molecule has 2 heterocycles. The number of aryl methyl sites for hydroxylation is 1. The zero-order chi connectivity index (χ0) is 25.5. The van der Waals surface area contributed by atoms with Crippen LogP contribution in [-0.2, 0) is 16.8 Å². The molecule has 1 aromatic heterocycles. The van der Waals surface area contributed by atoms with Crippen molar-refractivity contribution in [3.8, 4) is 23.8 Å². The van der Waals surface area contributed by atoms with Gasteiger partial charge in [-0.15, -0.1) is 5.10 Å². The number of allylic oxidation sites excluding steroid dienone is 1. The van der Waals surface area contributed by atoms with Crippen LogP contribution in [0.1, 0.15) is 54.6 Å². The molecule has 1 aliphatic heterocycles. The molecule has 1 atom stereocenters. The molecule has 182 valence electrons. The Bertz CT molecular complexity index is 1300. The van der Waals surface area contributed by atoms with Crippen molar-refractivity contribution in [1.82, 2.24) is 15.1 Å². The minimum atomic E-state index is -0.926. The molecule has 8 heteroatoms. The van der Waals surface area contributed by atoms with E-state index >= 15 is 0 Å². The number of nitrogens with one attached hydrogen (secondary N) is 1. The van der Waals surface area contributed by atoms with E-state index in [1.54, 1.807) is 19.0 Å². The van der Waals surface area contributed by atoms with Gasteiger partial charge in [-0.05, 0) is 48.9 Å². The van der Waals surface area contributed by atoms with Gasteiger partial charge in [0, 0.05) is 37.2 Å². The molecule has 4 N–H and O–H groups in total. The number of aliphatic hydroxyl groups excluding tert-OH is 1. The molecule has 0 saturated heterocycles. The van der Waals surface area contributed by atoms with Crippen molar-refractivity contribution in [3.05, 3.63) is 57.6 Å². The summed E-state index contributed by atoms with van der Waals surface area (Å²) in [5.74, 6) is 7.15. The molecule has 8 nitrogen and oxygen atoms in total. The molecule has 1 amide bonds. The van der Waals surface area contributed by atoms with E-state index in [0.29, 0.717) is 17.0 Å². The molecule has 1 unspecified atom stereocenters. The second-order valence-electron chi connectivity index (χ2n) is 9.89. The first kappa shape index (κ1) is 24.4. The van der Waals surface area contributed by atoms with E-state index in [0.717, 1.165) is 35.2 Å². The van der Waals surface area contributed by atoms with E-state index in [9.17, 15) is 15.2 Å². The molecular weight excluding hydrogens is 442 g/mol. The summed E-state index contributed by atoms with van der Waals surface area (Å²) in [7, 11) is 3.54. The number of nitrogens with two attached hydrogens (primary N) is 1. The number of H-pyrrole nitrogens is 1. The number of aliphatic hydroxyl groups is 1. The topological polar surface area (TPSA) is 128 Å². The standard InChI is InChI=1S/C27H31N5O3/c1-15(2)27(22(13-28)24(29)35-25-23(27)16(3)30-31-25)21-11-17(8-19(12-21)14-33)6-7-18-9-20(10-18)26(34)32(4)5/h8,11-12,15,18,20,33H,9-10,14,29H2,1-5H3,(H,30,31). The van der Waals surface area contributed by atoms with Crippen molar-refractivity contribution < 1.29 is 14.6 Å². The van der Waals surface area contributed by atoms with Crippen LogP contribution in [0.2, 0.25) is 0 Å². The fourth-order valence-corrected chi connectivity index (χ4v) is 5.33. The third-order valence-electron chi connectivity index (χ3n) is 7.11. The normalized spacial score (nSPS) is 22.9. The van der Waals surface area contributed by atoms with Gasteiger partial charge in [-0.2, -0.15) is 5.26 Å². The highest BCUT2D eigenvalue weighted by Gasteiger charge is 2.50. The van der Waals surface area contributed by atoms with Crippen LogP contribution in [0.5, 0.6) is 5.88 Å². The van der Waals surface area contributed by atoms with E-state index < -0.39 is 5.41 Å². The Morgan fingerprint density at radius 2 is 2.09 bits per heavy atom. The lowest BCUT2D eigenvalue weighted by atomic mass is 9.61. The Kier molecular flexibility index (Phi) is 6.36. The van der Waals surface area contributed by atoms with Crippen molar-refractivity contribution in [2.45, 2.75) is 45.6 Å². The number of amides is 1. The molecule has 35 heavy (non-hydrogen) atoms. The Morgan fingerprint density at radius 1 is 1.37 bits per heavy atom. The first-order chi connectivity index (χ1) is 16.6. The van der Waals surface area contributed by atoms with E-state index in [4.69, 9.17) is 10.5 Å². The van der Waals surface area contributed by atoms with Gasteiger partial charge in [0.2, 0.25) is 17.7 Å². The number of carbonyl (C=O) groups excluding carboxylic acids is 1. The summed E-state index contributed by atoms with van der Waals surface area (Å²) in [6.07, 6.45) is 1.50. The molecule has 1 aromatic carbocycles. The molecule has 2 aliphatic rings. The quantitative estimate of drug-likeness (QED) is 0.586. The average molecular weight is 474 g/mol. The highest BCUT2D eigenvalue weighted by atomic mass is 16.5. The molecule has 0 bridgehead atoms. The van der Waals surface area contributed by atoms with Crippen molar-refractivity contribution in [2.75, 3.05) is 14.1 Å². The van der Waals surface area contributed by atoms with E-state index in [1.807, 2.05) is 39.0 Å². The Labute approximate surface area is 205 Å². The number of fused-ring (bicyclic) bond motifs is 1. The lowest BCUT2D eigenvalue weighted by molar-refractivity contribution is -0.136. The van der Waals surface area contributed by atoms with Gasteiger partial charge in [-0.1, -0.05) is 31.8 Å². The first-order valence-electron chi connectivity index (χ1n) is 11.7. The maximum atomic E-state index is 12.1. The van der Waals surface area contributed by atoms with Crippen LogP contribution in [-0.4, -0.2) is 40.2 Å². The van der Waals surface area contributed by atoms with Crippen molar-refractivity contribution in [1.29, 1.82) is 5.26 Å². The molecule has 0 spiro atoms.